The normalized spacial score (nSPS) is 11.3. The monoisotopic (exact) mass is 421 g/mol. The third-order valence-electron chi connectivity index (χ3n) is 4.01. The molecule has 0 fully saturated rings. The fraction of sp³-hybridized carbons (Fsp3) is 0.158. The van der Waals surface area contributed by atoms with E-state index in [1.54, 1.807) is 13.0 Å². The first-order valence-corrected chi connectivity index (χ1v) is 8.54. The van der Waals surface area contributed by atoms with Crippen molar-refractivity contribution < 1.29 is 27.2 Å². The van der Waals surface area contributed by atoms with E-state index in [0.29, 0.717) is 15.9 Å². The van der Waals surface area contributed by atoms with Crippen LogP contribution >= 0.6 is 0 Å². The average molecular weight is 421 g/mol. The highest BCUT2D eigenvalue weighted by molar-refractivity contribution is 6.04. The second-order valence-corrected chi connectivity index (χ2v) is 6.34. The standard InChI is InChI=1S/C19H15F4N5O2/c1-10-6-7-13(9-15(10)24-11(2)29)25-18(30)16-17(19(21,22)23)28(27-26-16)14-5-3-4-12(20)8-14/h3-9H,1-2H3,(H,24,29)(H,25,30). The molecule has 2 aromatic carbocycles. The predicted octanol–water partition coefficient (Wildman–Crippen LogP) is 3.94. The number of carbonyl (C=O) groups is 2. The van der Waals surface area contributed by atoms with Gasteiger partial charge in [-0.1, -0.05) is 17.3 Å². The number of benzene rings is 2. The first-order valence-electron chi connectivity index (χ1n) is 8.54. The summed E-state index contributed by atoms with van der Waals surface area (Å²) in [6.45, 7) is 3.01. The quantitative estimate of drug-likeness (QED) is 0.625. The summed E-state index contributed by atoms with van der Waals surface area (Å²) < 4.78 is 54.8. The van der Waals surface area contributed by atoms with E-state index in [-0.39, 0.29) is 17.3 Å². The SMILES string of the molecule is CC(=O)Nc1cc(NC(=O)c2nnn(-c3cccc(F)c3)c2C(F)(F)F)ccc1C. The molecule has 7 nitrogen and oxygen atoms in total. The third kappa shape index (κ3) is 4.45. The van der Waals surface area contributed by atoms with E-state index in [2.05, 4.69) is 20.9 Å². The van der Waals surface area contributed by atoms with E-state index in [1.807, 2.05) is 0 Å². The van der Waals surface area contributed by atoms with Crippen LogP contribution < -0.4 is 10.6 Å². The van der Waals surface area contributed by atoms with Gasteiger partial charge in [-0.25, -0.2) is 9.07 Å². The van der Waals surface area contributed by atoms with Crippen LogP contribution in [0.4, 0.5) is 28.9 Å². The largest absolute Gasteiger partial charge is 0.435 e. The molecule has 2 N–H and O–H groups in total. The smallest absolute Gasteiger partial charge is 0.326 e. The molecule has 3 aromatic rings. The molecule has 0 aliphatic rings. The Kier molecular flexibility index (Phi) is 5.54. The zero-order valence-electron chi connectivity index (χ0n) is 15.7. The number of hydrogen-bond acceptors (Lipinski definition) is 4. The minimum Gasteiger partial charge on any atom is -0.326 e. The number of amides is 2. The molecule has 0 spiro atoms. The number of alkyl halides is 3. The van der Waals surface area contributed by atoms with Crippen LogP contribution in [0.1, 0.15) is 28.7 Å². The van der Waals surface area contributed by atoms with Gasteiger partial charge in [-0.15, -0.1) is 5.10 Å². The van der Waals surface area contributed by atoms with Gasteiger partial charge in [-0.2, -0.15) is 13.2 Å². The predicted molar refractivity (Wildman–Crippen MR) is 99.8 cm³/mol. The third-order valence-corrected chi connectivity index (χ3v) is 4.01. The summed E-state index contributed by atoms with van der Waals surface area (Å²) >= 11 is 0. The van der Waals surface area contributed by atoms with Crippen LogP contribution in [-0.2, 0) is 11.0 Å². The number of nitrogens with zero attached hydrogens (tertiary/aromatic N) is 3. The molecule has 0 saturated carbocycles. The highest BCUT2D eigenvalue weighted by atomic mass is 19.4. The molecule has 156 valence electrons. The summed E-state index contributed by atoms with van der Waals surface area (Å²) in [5, 5.41) is 11.6. The molecule has 3 rings (SSSR count). The Balaban J connectivity index is 1.98. The summed E-state index contributed by atoms with van der Waals surface area (Å²) in [6.07, 6.45) is -4.99. The van der Waals surface area contributed by atoms with Crippen LogP contribution in [0, 0.1) is 12.7 Å². The first kappa shape index (κ1) is 21.0. The van der Waals surface area contributed by atoms with E-state index in [9.17, 15) is 27.2 Å². The van der Waals surface area contributed by atoms with Gasteiger partial charge in [0.2, 0.25) is 5.91 Å². The highest BCUT2D eigenvalue weighted by Gasteiger charge is 2.42. The van der Waals surface area contributed by atoms with E-state index >= 15 is 0 Å². The summed E-state index contributed by atoms with van der Waals surface area (Å²) in [5.41, 5.74) is -1.44. The molecule has 30 heavy (non-hydrogen) atoms. The second-order valence-electron chi connectivity index (χ2n) is 6.34. The molecule has 1 aromatic heterocycles. The summed E-state index contributed by atoms with van der Waals surface area (Å²) in [7, 11) is 0. The van der Waals surface area contributed by atoms with Gasteiger partial charge in [0, 0.05) is 18.3 Å². The summed E-state index contributed by atoms with van der Waals surface area (Å²) in [6, 6.07) is 8.75. The number of aryl methyl sites for hydroxylation is 1. The Morgan fingerprint density at radius 1 is 1.07 bits per heavy atom. The first-order chi connectivity index (χ1) is 14.1. The molecule has 0 bridgehead atoms. The Morgan fingerprint density at radius 3 is 2.43 bits per heavy atom. The van der Waals surface area contributed by atoms with Gasteiger partial charge in [0.25, 0.3) is 5.91 Å². The van der Waals surface area contributed by atoms with Crippen molar-refractivity contribution in [2.45, 2.75) is 20.0 Å². The Bertz CT molecular complexity index is 1120. The van der Waals surface area contributed by atoms with Crippen molar-refractivity contribution in [2.24, 2.45) is 0 Å². The maximum absolute atomic E-state index is 13.7. The number of anilines is 2. The fourth-order valence-corrected chi connectivity index (χ4v) is 2.69. The fourth-order valence-electron chi connectivity index (χ4n) is 2.69. The van der Waals surface area contributed by atoms with Crippen molar-refractivity contribution >= 4 is 23.2 Å². The molecule has 0 aliphatic carbocycles. The lowest BCUT2D eigenvalue weighted by Crippen LogP contribution is -2.21. The Morgan fingerprint density at radius 2 is 1.80 bits per heavy atom. The van der Waals surface area contributed by atoms with Crippen molar-refractivity contribution in [1.29, 1.82) is 0 Å². The van der Waals surface area contributed by atoms with Gasteiger partial charge < -0.3 is 10.6 Å². The highest BCUT2D eigenvalue weighted by Crippen LogP contribution is 2.33. The molecule has 1 heterocycles. The van der Waals surface area contributed by atoms with E-state index in [1.165, 1.54) is 31.2 Å². The minimum atomic E-state index is -4.99. The zero-order valence-corrected chi connectivity index (χ0v) is 15.7. The number of halogens is 4. The van der Waals surface area contributed by atoms with E-state index in [0.717, 1.165) is 12.1 Å². The van der Waals surface area contributed by atoms with Crippen LogP contribution in [0.2, 0.25) is 0 Å². The molecular weight excluding hydrogens is 406 g/mol. The molecule has 0 radical (unpaired) electrons. The Labute approximate surface area is 167 Å². The molecule has 0 aliphatic heterocycles. The molecule has 11 heteroatoms. The molecule has 2 amide bonds. The molecule has 0 atom stereocenters. The van der Waals surface area contributed by atoms with E-state index in [4.69, 9.17) is 0 Å². The summed E-state index contributed by atoms with van der Waals surface area (Å²) in [4.78, 5) is 23.8. The van der Waals surface area contributed by atoms with Gasteiger partial charge in [0.1, 0.15) is 5.82 Å². The maximum Gasteiger partial charge on any atom is 0.435 e. The van der Waals surface area contributed by atoms with E-state index < -0.39 is 29.3 Å². The number of rotatable bonds is 4. The van der Waals surface area contributed by atoms with Gasteiger partial charge >= 0.3 is 6.18 Å². The van der Waals surface area contributed by atoms with Crippen LogP contribution in [0.25, 0.3) is 5.69 Å². The summed E-state index contributed by atoms with van der Waals surface area (Å²) in [5.74, 6) is -2.28. The number of nitrogens with one attached hydrogen (secondary N) is 2. The van der Waals surface area contributed by atoms with Gasteiger partial charge in [-0.3, -0.25) is 9.59 Å². The van der Waals surface area contributed by atoms with Crippen LogP contribution in [-0.4, -0.2) is 26.8 Å². The second kappa shape index (κ2) is 7.93. The van der Waals surface area contributed by atoms with Gasteiger partial charge in [0.15, 0.2) is 11.4 Å². The minimum absolute atomic E-state index is 0.141. The lowest BCUT2D eigenvalue weighted by molar-refractivity contribution is -0.143. The zero-order chi connectivity index (χ0) is 22.1. The molecular formula is C19H15F4N5O2. The van der Waals surface area contributed by atoms with Crippen molar-refractivity contribution in [3.63, 3.8) is 0 Å². The maximum atomic E-state index is 13.7. The van der Waals surface area contributed by atoms with Crippen LogP contribution in [0.3, 0.4) is 0 Å². The van der Waals surface area contributed by atoms with Gasteiger partial charge in [-0.05, 0) is 42.8 Å². The number of aromatic nitrogens is 3. The van der Waals surface area contributed by atoms with Crippen LogP contribution in [0.15, 0.2) is 42.5 Å². The lowest BCUT2D eigenvalue weighted by Gasteiger charge is -2.12. The van der Waals surface area contributed by atoms with Gasteiger partial charge in [0.05, 0.1) is 5.69 Å². The number of carbonyl (C=O) groups excluding carboxylic acids is 2. The van der Waals surface area contributed by atoms with Crippen molar-refractivity contribution in [3.8, 4) is 5.69 Å². The van der Waals surface area contributed by atoms with Crippen LogP contribution in [0.5, 0.6) is 0 Å². The number of hydrogen-bond donors (Lipinski definition) is 2. The molecule has 0 unspecified atom stereocenters. The van der Waals surface area contributed by atoms with Crippen molar-refractivity contribution in [2.75, 3.05) is 10.6 Å². The molecule has 0 saturated heterocycles. The topological polar surface area (TPSA) is 88.9 Å². The Hall–Kier alpha value is -3.76. The van der Waals surface area contributed by atoms with Crippen molar-refractivity contribution in [1.82, 2.24) is 15.0 Å². The average Bonchev–Trinajstić information content (AvgIpc) is 3.10. The van der Waals surface area contributed by atoms with Crippen molar-refractivity contribution in [3.05, 3.63) is 65.2 Å². The lowest BCUT2D eigenvalue weighted by atomic mass is 10.1.